The Kier molecular flexibility index (Phi) is 9.64. The third-order valence-corrected chi connectivity index (χ3v) is 10.2. The number of likely N-dealkylation sites (tertiary alicyclic amines) is 1. The molecule has 0 aromatic carbocycles. The van der Waals surface area contributed by atoms with Crippen LogP contribution in [0.2, 0.25) is 0 Å². The van der Waals surface area contributed by atoms with E-state index in [1.54, 1.807) is 5.57 Å². The summed E-state index contributed by atoms with van der Waals surface area (Å²) in [6, 6.07) is 0.648. The van der Waals surface area contributed by atoms with Gasteiger partial charge in [0.2, 0.25) is 0 Å². The lowest BCUT2D eigenvalue weighted by Crippen LogP contribution is -2.45. The molecule has 2 saturated carbocycles. The van der Waals surface area contributed by atoms with Gasteiger partial charge in [-0.2, -0.15) is 0 Å². The SMILES string of the molecule is CCOC1=C(C2CCCC2)[C@@H](C2CC2)C[C@@H](CN2CCC(NCCC3=C(C=O)CC(C=O)[C@H](C)N3)CC2)C1. The molecule has 0 radical (unpaired) electrons. The van der Waals surface area contributed by atoms with Gasteiger partial charge in [0, 0.05) is 55.2 Å². The van der Waals surface area contributed by atoms with Crippen molar-refractivity contribution in [3.05, 3.63) is 22.6 Å². The minimum absolute atomic E-state index is 0.0982. The summed E-state index contributed by atoms with van der Waals surface area (Å²) in [6.45, 7) is 9.44. The van der Waals surface area contributed by atoms with E-state index >= 15 is 0 Å². The lowest BCUT2D eigenvalue weighted by Gasteiger charge is -2.40. The Balaban J connectivity index is 1.09. The van der Waals surface area contributed by atoms with Crippen LogP contribution in [-0.2, 0) is 14.3 Å². The van der Waals surface area contributed by atoms with Crippen molar-refractivity contribution in [3.63, 3.8) is 0 Å². The van der Waals surface area contributed by atoms with E-state index in [1.165, 1.54) is 83.2 Å². The molecule has 6 heteroatoms. The minimum Gasteiger partial charge on any atom is -0.498 e. The lowest BCUT2D eigenvalue weighted by atomic mass is 9.72. The molecule has 5 rings (SSSR count). The van der Waals surface area contributed by atoms with Gasteiger partial charge in [0.05, 0.1) is 12.4 Å². The predicted molar refractivity (Wildman–Crippen MR) is 151 cm³/mol. The molecule has 38 heavy (non-hydrogen) atoms. The maximum Gasteiger partial charge on any atom is 0.147 e. The second kappa shape index (κ2) is 13.1. The third-order valence-electron chi connectivity index (χ3n) is 10.2. The Morgan fingerprint density at radius 3 is 2.47 bits per heavy atom. The van der Waals surface area contributed by atoms with Crippen LogP contribution in [0, 0.1) is 29.6 Å². The summed E-state index contributed by atoms with van der Waals surface area (Å²) in [7, 11) is 0. The standard InChI is InChI=1S/C32H51N3O3/c1-3-38-31-17-23(16-29(24-8-9-24)32(31)25-6-4-5-7-25)19-35-14-11-28(12-15-35)33-13-10-30-27(21-37)18-26(20-36)22(2)34-30/h20-26,28-29,33-34H,3-19H2,1-2H3/t22-,23+,26?,29+/m0/s1. The molecule has 1 unspecified atom stereocenters. The van der Waals surface area contributed by atoms with Gasteiger partial charge in [-0.15, -0.1) is 0 Å². The highest BCUT2D eigenvalue weighted by Gasteiger charge is 2.43. The van der Waals surface area contributed by atoms with E-state index in [2.05, 4.69) is 22.5 Å². The molecular weight excluding hydrogens is 474 g/mol. The van der Waals surface area contributed by atoms with Crippen LogP contribution in [-0.4, -0.2) is 62.3 Å². The molecule has 4 atom stereocenters. The molecule has 212 valence electrons. The monoisotopic (exact) mass is 525 g/mol. The largest absolute Gasteiger partial charge is 0.498 e. The molecule has 3 aliphatic carbocycles. The first-order valence-electron chi connectivity index (χ1n) is 15.8. The summed E-state index contributed by atoms with van der Waals surface area (Å²) < 4.78 is 6.38. The quantitative estimate of drug-likeness (QED) is 0.350. The molecule has 5 aliphatic rings. The summed E-state index contributed by atoms with van der Waals surface area (Å²) in [5.41, 5.74) is 3.56. The van der Waals surface area contributed by atoms with Gasteiger partial charge in [-0.05, 0) is 108 Å². The van der Waals surface area contributed by atoms with Gasteiger partial charge in [0.1, 0.15) is 12.6 Å². The van der Waals surface area contributed by atoms with Crippen LogP contribution in [0.3, 0.4) is 0 Å². The lowest BCUT2D eigenvalue weighted by molar-refractivity contribution is -0.112. The molecule has 1 saturated heterocycles. The molecule has 2 N–H and O–H groups in total. The van der Waals surface area contributed by atoms with Gasteiger partial charge < -0.3 is 25.1 Å². The van der Waals surface area contributed by atoms with Crippen molar-refractivity contribution >= 4 is 12.6 Å². The number of carbonyl (C=O) groups excluding carboxylic acids is 2. The van der Waals surface area contributed by atoms with E-state index in [0.717, 1.165) is 73.5 Å². The van der Waals surface area contributed by atoms with Crippen LogP contribution in [0.1, 0.15) is 90.9 Å². The van der Waals surface area contributed by atoms with Gasteiger partial charge in [-0.3, -0.25) is 4.79 Å². The van der Waals surface area contributed by atoms with Crippen molar-refractivity contribution < 1.29 is 14.3 Å². The average Bonchev–Trinajstić information content (AvgIpc) is 3.64. The Morgan fingerprint density at radius 2 is 1.82 bits per heavy atom. The molecule has 0 bridgehead atoms. The Labute approximate surface area is 230 Å². The maximum atomic E-state index is 11.6. The number of nitrogens with one attached hydrogen (secondary N) is 2. The normalized spacial score (nSPS) is 31.9. The van der Waals surface area contributed by atoms with Crippen LogP contribution in [0.5, 0.6) is 0 Å². The fraction of sp³-hybridized carbons (Fsp3) is 0.812. The number of carbonyl (C=O) groups is 2. The Morgan fingerprint density at radius 1 is 1.05 bits per heavy atom. The van der Waals surface area contributed by atoms with Crippen molar-refractivity contribution in [1.82, 2.24) is 15.5 Å². The van der Waals surface area contributed by atoms with Crippen molar-refractivity contribution in [2.24, 2.45) is 29.6 Å². The second-order valence-electron chi connectivity index (χ2n) is 12.9. The van der Waals surface area contributed by atoms with E-state index in [1.807, 2.05) is 6.92 Å². The smallest absolute Gasteiger partial charge is 0.147 e. The highest BCUT2D eigenvalue weighted by atomic mass is 16.5. The zero-order chi connectivity index (χ0) is 26.5. The van der Waals surface area contributed by atoms with Crippen molar-refractivity contribution in [3.8, 4) is 0 Å². The Bertz CT molecular complexity index is 880. The number of aldehydes is 2. The van der Waals surface area contributed by atoms with Crippen LogP contribution in [0.25, 0.3) is 0 Å². The fourth-order valence-electron chi connectivity index (χ4n) is 7.96. The van der Waals surface area contributed by atoms with Gasteiger partial charge in [-0.25, -0.2) is 0 Å². The van der Waals surface area contributed by atoms with Crippen LogP contribution in [0.4, 0.5) is 0 Å². The number of hydrogen-bond donors (Lipinski definition) is 2. The van der Waals surface area contributed by atoms with Gasteiger partial charge in [0.25, 0.3) is 0 Å². The van der Waals surface area contributed by atoms with Crippen molar-refractivity contribution in [2.45, 2.75) is 103 Å². The topological polar surface area (TPSA) is 70.7 Å². The van der Waals surface area contributed by atoms with E-state index in [9.17, 15) is 9.59 Å². The maximum absolute atomic E-state index is 11.6. The van der Waals surface area contributed by atoms with E-state index in [4.69, 9.17) is 4.74 Å². The molecule has 0 aromatic rings. The highest BCUT2D eigenvalue weighted by Crippen LogP contribution is 2.52. The first-order valence-corrected chi connectivity index (χ1v) is 15.8. The molecule has 2 heterocycles. The first-order chi connectivity index (χ1) is 18.6. The second-order valence-corrected chi connectivity index (χ2v) is 12.9. The number of piperidine rings is 1. The number of allylic oxidation sites excluding steroid dienone is 3. The molecule has 0 amide bonds. The molecule has 3 fully saturated rings. The third kappa shape index (κ3) is 6.72. The van der Waals surface area contributed by atoms with Gasteiger partial charge in [0.15, 0.2) is 0 Å². The van der Waals surface area contributed by atoms with Crippen molar-refractivity contribution in [1.29, 1.82) is 0 Å². The van der Waals surface area contributed by atoms with Crippen molar-refractivity contribution in [2.75, 3.05) is 32.8 Å². The fourth-order valence-corrected chi connectivity index (χ4v) is 7.96. The highest BCUT2D eigenvalue weighted by molar-refractivity contribution is 5.76. The van der Waals surface area contributed by atoms with E-state index < -0.39 is 0 Å². The minimum atomic E-state index is -0.102. The van der Waals surface area contributed by atoms with Gasteiger partial charge >= 0.3 is 0 Å². The summed E-state index contributed by atoms with van der Waals surface area (Å²) in [5.74, 6) is 4.56. The zero-order valence-corrected chi connectivity index (χ0v) is 23.9. The molecule has 0 spiro atoms. The summed E-state index contributed by atoms with van der Waals surface area (Å²) in [6.07, 6.45) is 16.7. The van der Waals surface area contributed by atoms with E-state index in [0.29, 0.717) is 12.5 Å². The number of hydrogen-bond acceptors (Lipinski definition) is 6. The number of rotatable bonds is 12. The average molecular weight is 526 g/mol. The van der Waals surface area contributed by atoms with Gasteiger partial charge in [-0.1, -0.05) is 12.8 Å². The van der Waals surface area contributed by atoms with E-state index in [-0.39, 0.29) is 12.0 Å². The molecule has 0 aromatic heterocycles. The summed E-state index contributed by atoms with van der Waals surface area (Å²) in [5, 5.41) is 7.17. The first kappa shape index (κ1) is 27.9. The Hall–Kier alpha value is -1.66. The summed E-state index contributed by atoms with van der Waals surface area (Å²) in [4.78, 5) is 25.5. The molecular formula is C32H51N3O3. The molecule has 6 nitrogen and oxygen atoms in total. The number of nitrogens with zero attached hydrogens (tertiary/aromatic N) is 1. The number of ether oxygens (including phenoxy) is 1. The van der Waals surface area contributed by atoms with Crippen LogP contribution >= 0.6 is 0 Å². The van der Waals surface area contributed by atoms with Crippen LogP contribution < -0.4 is 10.6 Å². The molecule has 2 aliphatic heterocycles. The summed E-state index contributed by atoms with van der Waals surface area (Å²) >= 11 is 0. The predicted octanol–water partition coefficient (Wildman–Crippen LogP) is 5.00. The zero-order valence-electron chi connectivity index (χ0n) is 23.9. The van der Waals surface area contributed by atoms with Crippen LogP contribution in [0.15, 0.2) is 22.6 Å².